The largest absolute Gasteiger partial charge is 0.506 e. The summed E-state index contributed by atoms with van der Waals surface area (Å²) in [6.07, 6.45) is 0. The number of hydrogen-bond acceptors (Lipinski definition) is 4. The molecule has 1 aromatic heterocycles. The van der Waals surface area contributed by atoms with Gasteiger partial charge in [-0.25, -0.2) is 0 Å². The fourth-order valence-electron chi connectivity index (χ4n) is 3.10. The van der Waals surface area contributed by atoms with Crippen molar-refractivity contribution < 1.29 is 14.6 Å². The van der Waals surface area contributed by atoms with Crippen molar-refractivity contribution >= 4 is 5.78 Å². The number of carbonyl (C=O) groups is 1. The summed E-state index contributed by atoms with van der Waals surface area (Å²) in [5.74, 6) is 0.0729. The molecule has 5 heteroatoms. The van der Waals surface area contributed by atoms with Crippen LogP contribution in [0.5, 0.6) is 11.5 Å². The van der Waals surface area contributed by atoms with Gasteiger partial charge >= 0.3 is 0 Å². The summed E-state index contributed by atoms with van der Waals surface area (Å²) in [6, 6.07) is 15.8. The van der Waals surface area contributed by atoms with Crippen molar-refractivity contribution in [1.29, 1.82) is 0 Å². The van der Waals surface area contributed by atoms with Crippen LogP contribution in [0.4, 0.5) is 0 Å². The zero-order valence-electron chi connectivity index (χ0n) is 14.8. The maximum atomic E-state index is 13.2. The van der Waals surface area contributed by atoms with E-state index in [9.17, 15) is 14.7 Å². The fourth-order valence-corrected chi connectivity index (χ4v) is 3.10. The third kappa shape index (κ3) is 2.88. The van der Waals surface area contributed by atoms with Crippen LogP contribution in [0.1, 0.15) is 23.0 Å². The normalized spacial score (nSPS) is 10.6. The molecule has 5 nitrogen and oxygen atoms in total. The number of hydrogen-bond donors (Lipinski definition) is 1. The van der Waals surface area contributed by atoms with E-state index >= 15 is 0 Å². The van der Waals surface area contributed by atoms with Gasteiger partial charge in [-0.05, 0) is 43.7 Å². The molecule has 0 fully saturated rings. The first kappa shape index (κ1) is 17.5. The topological polar surface area (TPSA) is 68.5 Å². The van der Waals surface area contributed by atoms with Crippen molar-refractivity contribution in [3.63, 3.8) is 0 Å². The Hall–Kier alpha value is -3.34. The van der Waals surface area contributed by atoms with Crippen LogP contribution in [0.15, 0.2) is 59.4 Å². The van der Waals surface area contributed by atoms with Gasteiger partial charge < -0.3 is 9.84 Å². The van der Waals surface area contributed by atoms with Crippen LogP contribution >= 0.6 is 0 Å². The van der Waals surface area contributed by atoms with Crippen LogP contribution < -0.4 is 10.3 Å². The van der Waals surface area contributed by atoms with Gasteiger partial charge in [0.15, 0.2) is 5.78 Å². The van der Waals surface area contributed by atoms with Crippen molar-refractivity contribution in [2.75, 3.05) is 7.11 Å². The van der Waals surface area contributed by atoms with E-state index in [1.807, 2.05) is 6.07 Å². The van der Waals surface area contributed by atoms with Crippen LogP contribution in [0.3, 0.4) is 0 Å². The molecule has 0 amide bonds. The summed E-state index contributed by atoms with van der Waals surface area (Å²) in [6.45, 7) is 3.02. The van der Waals surface area contributed by atoms with Crippen molar-refractivity contribution in [2.24, 2.45) is 0 Å². The van der Waals surface area contributed by atoms with Gasteiger partial charge in [0.25, 0.3) is 5.56 Å². The SMILES string of the molecule is COc1ccc(-n2c(C)c(C(C)=O)c(O)c(-c3ccccc3)c2=O)cc1. The summed E-state index contributed by atoms with van der Waals surface area (Å²) >= 11 is 0. The minimum Gasteiger partial charge on any atom is -0.506 e. The molecule has 0 bridgehead atoms. The molecule has 1 heterocycles. The first-order valence-electron chi connectivity index (χ1n) is 8.15. The number of nitrogens with zero attached hydrogens (tertiary/aromatic N) is 1. The van der Waals surface area contributed by atoms with Crippen molar-refractivity contribution in [3.05, 3.63) is 76.2 Å². The molecule has 2 aromatic carbocycles. The number of aromatic nitrogens is 1. The molecule has 1 N–H and O–H groups in total. The third-order valence-corrected chi connectivity index (χ3v) is 4.33. The number of methoxy groups -OCH3 is 1. The van der Waals surface area contributed by atoms with Crippen molar-refractivity contribution in [3.8, 4) is 28.3 Å². The monoisotopic (exact) mass is 349 g/mol. The van der Waals surface area contributed by atoms with Crippen LogP contribution in [0.2, 0.25) is 0 Å². The van der Waals surface area contributed by atoms with E-state index in [0.717, 1.165) is 0 Å². The van der Waals surface area contributed by atoms with E-state index in [1.165, 1.54) is 11.5 Å². The Balaban J connectivity index is 2.39. The molecule has 0 radical (unpaired) electrons. The molecule has 0 spiro atoms. The molecular formula is C21H19NO4. The summed E-state index contributed by atoms with van der Waals surface area (Å²) in [7, 11) is 1.56. The highest BCUT2D eigenvalue weighted by Gasteiger charge is 2.23. The maximum absolute atomic E-state index is 13.2. The standard InChI is InChI=1S/C21H19NO4/c1-13-18(14(2)23)20(24)19(15-7-5-4-6-8-15)21(25)22(13)16-9-11-17(26-3)12-10-16/h4-12,24H,1-3H3. The lowest BCUT2D eigenvalue weighted by atomic mass is 9.99. The van der Waals surface area contributed by atoms with Crippen LogP contribution in [-0.2, 0) is 0 Å². The van der Waals surface area contributed by atoms with Gasteiger partial charge in [-0.3, -0.25) is 14.2 Å². The minimum absolute atomic E-state index is 0.109. The van der Waals surface area contributed by atoms with E-state index in [1.54, 1.807) is 62.6 Å². The number of rotatable bonds is 4. The van der Waals surface area contributed by atoms with E-state index in [4.69, 9.17) is 4.74 Å². The van der Waals surface area contributed by atoms with Gasteiger partial charge in [0.2, 0.25) is 0 Å². The van der Waals surface area contributed by atoms with Gasteiger partial charge in [0.05, 0.1) is 18.2 Å². The Morgan fingerprint density at radius 2 is 1.65 bits per heavy atom. The van der Waals surface area contributed by atoms with Gasteiger partial charge in [-0.1, -0.05) is 30.3 Å². The average molecular weight is 349 g/mol. The highest BCUT2D eigenvalue weighted by atomic mass is 16.5. The molecule has 26 heavy (non-hydrogen) atoms. The zero-order valence-corrected chi connectivity index (χ0v) is 14.8. The Kier molecular flexibility index (Phi) is 4.63. The lowest BCUT2D eigenvalue weighted by molar-refractivity contribution is 0.101. The second kappa shape index (κ2) is 6.88. The highest BCUT2D eigenvalue weighted by Crippen LogP contribution is 2.32. The first-order valence-corrected chi connectivity index (χ1v) is 8.15. The molecule has 3 aromatic rings. The first-order chi connectivity index (χ1) is 12.5. The quantitative estimate of drug-likeness (QED) is 0.729. The Labute approximate surface area is 151 Å². The number of Topliss-reactive ketones (excluding diaryl/α,β-unsaturated/α-hetero) is 1. The Bertz CT molecular complexity index is 1020. The fraction of sp³-hybridized carbons (Fsp3) is 0.143. The van der Waals surface area contributed by atoms with Crippen molar-refractivity contribution in [2.45, 2.75) is 13.8 Å². The van der Waals surface area contributed by atoms with Gasteiger partial charge in [-0.2, -0.15) is 0 Å². The summed E-state index contributed by atoms with van der Waals surface area (Å²) in [4.78, 5) is 25.4. The molecule has 0 aliphatic heterocycles. The van der Waals surface area contributed by atoms with Crippen LogP contribution in [0, 0.1) is 6.92 Å². The lowest BCUT2D eigenvalue weighted by Gasteiger charge is -2.18. The zero-order chi connectivity index (χ0) is 18.8. The van der Waals surface area contributed by atoms with E-state index < -0.39 is 0 Å². The van der Waals surface area contributed by atoms with E-state index in [0.29, 0.717) is 22.7 Å². The number of ketones is 1. The number of pyridine rings is 1. The number of carbonyl (C=O) groups excluding carboxylic acids is 1. The molecule has 3 rings (SSSR count). The molecule has 0 atom stereocenters. The summed E-state index contributed by atoms with van der Waals surface area (Å²) < 4.78 is 6.60. The smallest absolute Gasteiger partial charge is 0.266 e. The summed E-state index contributed by atoms with van der Waals surface area (Å²) in [5, 5.41) is 10.7. The molecule has 0 aliphatic rings. The maximum Gasteiger partial charge on any atom is 0.266 e. The van der Waals surface area contributed by atoms with Gasteiger partial charge in [0.1, 0.15) is 11.5 Å². The second-order valence-electron chi connectivity index (χ2n) is 5.94. The van der Waals surface area contributed by atoms with E-state index in [2.05, 4.69) is 0 Å². The molecule has 0 saturated heterocycles. The molecule has 132 valence electrons. The predicted molar refractivity (Wildman–Crippen MR) is 100 cm³/mol. The van der Waals surface area contributed by atoms with Crippen LogP contribution in [0.25, 0.3) is 16.8 Å². The highest BCUT2D eigenvalue weighted by molar-refractivity contribution is 6.00. The molecule has 0 unspecified atom stereocenters. The molecule has 0 saturated carbocycles. The number of aromatic hydroxyl groups is 1. The molecular weight excluding hydrogens is 330 g/mol. The minimum atomic E-state index is -0.388. The third-order valence-electron chi connectivity index (χ3n) is 4.33. The molecule has 0 aliphatic carbocycles. The van der Waals surface area contributed by atoms with Gasteiger partial charge in [-0.15, -0.1) is 0 Å². The Morgan fingerprint density at radius 3 is 2.19 bits per heavy atom. The average Bonchev–Trinajstić information content (AvgIpc) is 2.63. The van der Waals surface area contributed by atoms with Crippen molar-refractivity contribution in [1.82, 2.24) is 4.57 Å². The Morgan fingerprint density at radius 1 is 1.04 bits per heavy atom. The van der Waals surface area contributed by atoms with Gasteiger partial charge in [0, 0.05) is 11.4 Å². The second-order valence-corrected chi connectivity index (χ2v) is 5.94. The predicted octanol–water partition coefficient (Wildman–Crippen LogP) is 3.73. The van der Waals surface area contributed by atoms with Crippen LogP contribution in [-0.4, -0.2) is 22.6 Å². The van der Waals surface area contributed by atoms with E-state index in [-0.39, 0.29) is 28.2 Å². The summed E-state index contributed by atoms with van der Waals surface area (Å²) in [5.41, 5.74) is 1.40. The lowest BCUT2D eigenvalue weighted by Crippen LogP contribution is -2.25. The number of benzene rings is 2. The number of ether oxygens (including phenoxy) is 1.